The molecule has 0 bridgehead atoms. The number of benzene rings is 1. The van der Waals surface area contributed by atoms with Crippen molar-refractivity contribution in [3.05, 3.63) is 23.8 Å². The summed E-state index contributed by atoms with van der Waals surface area (Å²) in [5.74, 6) is -0.889. The fraction of sp³-hybridized carbons (Fsp3) is 0.500. The molecule has 104 valence electrons. The second kappa shape index (κ2) is 6.30. The standard InChI is InChI=1S/C14H19NO3S/c1-18-11-7-3-5-9(11)15-10-6-4-8-12(19-2)13(10)14(16)17/h4,6,8-9,11,15H,3,5,7H2,1-2H3,(H,16,17). The van der Waals surface area contributed by atoms with Crippen molar-refractivity contribution >= 4 is 23.4 Å². The number of anilines is 1. The van der Waals surface area contributed by atoms with Crippen LogP contribution in [0.2, 0.25) is 0 Å². The molecule has 1 aromatic carbocycles. The van der Waals surface area contributed by atoms with E-state index < -0.39 is 5.97 Å². The van der Waals surface area contributed by atoms with E-state index in [9.17, 15) is 9.90 Å². The first-order valence-corrected chi connectivity index (χ1v) is 7.59. The first-order valence-electron chi connectivity index (χ1n) is 6.37. The van der Waals surface area contributed by atoms with Crippen molar-refractivity contribution in [2.75, 3.05) is 18.7 Å². The Morgan fingerprint density at radius 2 is 2.26 bits per heavy atom. The summed E-state index contributed by atoms with van der Waals surface area (Å²) in [6.07, 6.45) is 5.21. The maximum absolute atomic E-state index is 11.4. The van der Waals surface area contributed by atoms with Gasteiger partial charge in [-0.25, -0.2) is 4.79 Å². The van der Waals surface area contributed by atoms with Crippen molar-refractivity contribution in [2.45, 2.75) is 36.3 Å². The van der Waals surface area contributed by atoms with E-state index >= 15 is 0 Å². The van der Waals surface area contributed by atoms with E-state index in [0.29, 0.717) is 11.3 Å². The second-order valence-corrected chi connectivity index (χ2v) is 5.49. The third-order valence-corrected chi connectivity index (χ3v) is 4.34. The Balaban J connectivity index is 2.27. The molecule has 0 aromatic heterocycles. The SMILES string of the molecule is COC1CCCC1Nc1cccc(SC)c1C(=O)O. The smallest absolute Gasteiger partial charge is 0.338 e. The molecule has 0 aliphatic heterocycles. The van der Waals surface area contributed by atoms with Crippen molar-refractivity contribution in [1.29, 1.82) is 0 Å². The largest absolute Gasteiger partial charge is 0.478 e. The minimum Gasteiger partial charge on any atom is -0.478 e. The van der Waals surface area contributed by atoms with Gasteiger partial charge in [-0.05, 0) is 37.7 Å². The summed E-state index contributed by atoms with van der Waals surface area (Å²) < 4.78 is 5.44. The van der Waals surface area contributed by atoms with E-state index in [4.69, 9.17) is 4.74 Å². The fourth-order valence-corrected chi connectivity index (χ4v) is 3.23. The number of ether oxygens (including phenoxy) is 1. The minimum atomic E-state index is -0.889. The lowest BCUT2D eigenvalue weighted by molar-refractivity contribution is 0.0693. The zero-order valence-corrected chi connectivity index (χ0v) is 12.0. The molecule has 1 fully saturated rings. The molecule has 1 aliphatic carbocycles. The van der Waals surface area contributed by atoms with Gasteiger partial charge in [0.1, 0.15) is 0 Å². The van der Waals surface area contributed by atoms with E-state index in [1.54, 1.807) is 7.11 Å². The van der Waals surface area contributed by atoms with Crippen LogP contribution in [0.4, 0.5) is 5.69 Å². The number of thioether (sulfide) groups is 1. The van der Waals surface area contributed by atoms with Gasteiger partial charge in [-0.1, -0.05) is 6.07 Å². The number of nitrogens with one attached hydrogen (secondary N) is 1. The molecule has 5 heteroatoms. The van der Waals surface area contributed by atoms with Crippen LogP contribution in [0.3, 0.4) is 0 Å². The third-order valence-electron chi connectivity index (χ3n) is 3.56. The van der Waals surface area contributed by atoms with E-state index in [1.165, 1.54) is 11.8 Å². The van der Waals surface area contributed by atoms with Crippen molar-refractivity contribution in [3.8, 4) is 0 Å². The predicted octanol–water partition coefficient (Wildman–Crippen LogP) is 3.09. The zero-order chi connectivity index (χ0) is 13.8. The molecule has 2 N–H and O–H groups in total. The molecule has 1 aliphatic rings. The van der Waals surface area contributed by atoms with Crippen LogP contribution in [0, 0.1) is 0 Å². The van der Waals surface area contributed by atoms with Crippen LogP contribution in [-0.4, -0.2) is 36.6 Å². The molecule has 2 atom stereocenters. The summed E-state index contributed by atoms with van der Waals surface area (Å²) in [6, 6.07) is 5.74. The summed E-state index contributed by atoms with van der Waals surface area (Å²) in [5, 5.41) is 12.7. The van der Waals surface area contributed by atoms with Crippen molar-refractivity contribution in [1.82, 2.24) is 0 Å². The summed E-state index contributed by atoms with van der Waals surface area (Å²) in [4.78, 5) is 12.2. The Hall–Kier alpha value is -1.20. The number of carbonyl (C=O) groups is 1. The molecule has 2 rings (SSSR count). The molecular formula is C14H19NO3S. The molecule has 1 aromatic rings. The number of carboxylic acids is 1. The van der Waals surface area contributed by atoms with E-state index in [-0.39, 0.29) is 12.1 Å². The predicted molar refractivity (Wildman–Crippen MR) is 77.2 cm³/mol. The molecule has 0 amide bonds. The lowest BCUT2D eigenvalue weighted by Gasteiger charge is -2.22. The minimum absolute atomic E-state index is 0.166. The summed E-state index contributed by atoms with van der Waals surface area (Å²) in [5.41, 5.74) is 1.05. The van der Waals surface area contributed by atoms with Gasteiger partial charge in [-0.2, -0.15) is 0 Å². The third kappa shape index (κ3) is 3.04. The highest BCUT2D eigenvalue weighted by molar-refractivity contribution is 7.98. The number of rotatable bonds is 5. The molecule has 19 heavy (non-hydrogen) atoms. The van der Waals surface area contributed by atoms with E-state index in [1.807, 2.05) is 24.5 Å². The molecule has 0 radical (unpaired) electrons. The Labute approximate surface area is 117 Å². The topological polar surface area (TPSA) is 58.6 Å². The molecule has 2 unspecified atom stereocenters. The first kappa shape index (κ1) is 14.2. The molecule has 0 spiro atoms. The second-order valence-electron chi connectivity index (χ2n) is 4.64. The number of aromatic carboxylic acids is 1. The zero-order valence-electron chi connectivity index (χ0n) is 11.2. The average Bonchev–Trinajstić information content (AvgIpc) is 2.85. The Kier molecular flexibility index (Phi) is 4.71. The highest BCUT2D eigenvalue weighted by Gasteiger charge is 2.28. The summed E-state index contributed by atoms with van der Waals surface area (Å²) >= 11 is 1.45. The Morgan fingerprint density at radius 1 is 1.47 bits per heavy atom. The normalized spacial score (nSPS) is 22.4. The molecule has 0 heterocycles. The van der Waals surface area contributed by atoms with Crippen LogP contribution in [0.25, 0.3) is 0 Å². The van der Waals surface area contributed by atoms with Gasteiger partial charge in [0, 0.05) is 12.0 Å². The molecular weight excluding hydrogens is 262 g/mol. The maximum atomic E-state index is 11.4. The van der Waals surface area contributed by atoms with Gasteiger partial charge < -0.3 is 15.2 Å². The number of hydrogen-bond donors (Lipinski definition) is 2. The number of hydrogen-bond acceptors (Lipinski definition) is 4. The molecule has 0 saturated heterocycles. The van der Waals surface area contributed by atoms with Gasteiger partial charge >= 0.3 is 5.97 Å². The van der Waals surface area contributed by atoms with Crippen LogP contribution in [-0.2, 0) is 4.74 Å². The average molecular weight is 281 g/mol. The monoisotopic (exact) mass is 281 g/mol. The number of carboxylic acid groups (broad SMARTS) is 1. The summed E-state index contributed by atoms with van der Waals surface area (Å²) in [6.45, 7) is 0. The molecule has 1 saturated carbocycles. The highest BCUT2D eigenvalue weighted by Crippen LogP contribution is 2.31. The van der Waals surface area contributed by atoms with Crippen LogP contribution in [0.15, 0.2) is 23.1 Å². The van der Waals surface area contributed by atoms with Crippen LogP contribution in [0.5, 0.6) is 0 Å². The van der Waals surface area contributed by atoms with E-state index in [0.717, 1.165) is 24.2 Å². The van der Waals surface area contributed by atoms with Crippen LogP contribution < -0.4 is 5.32 Å². The van der Waals surface area contributed by atoms with Gasteiger partial charge in [0.25, 0.3) is 0 Å². The van der Waals surface area contributed by atoms with Gasteiger partial charge in [0.15, 0.2) is 0 Å². The van der Waals surface area contributed by atoms with Crippen LogP contribution >= 0.6 is 11.8 Å². The molecule has 4 nitrogen and oxygen atoms in total. The van der Waals surface area contributed by atoms with Gasteiger partial charge in [0.05, 0.1) is 23.4 Å². The number of methoxy groups -OCH3 is 1. The lowest BCUT2D eigenvalue weighted by Crippen LogP contribution is -2.30. The van der Waals surface area contributed by atoms with Crippen LogP contribution in [0.1, 0.15) is 29.6 Å². The van der Waals surface area contributed by atoms with Gasteiger partial charge in [-0.15, -0.1) is 11.8 Å². The highest BCUT2D eigenvalue weighted by atomic mass is 32.2. The Morgan fingerprint density at radius 3 is 2.89 bits per heavy atom. The lowest BCUT2D eigenvalue weighted by atomic mass is 10.1. The quantitative estimate of drug-likeness (QED) is 0.812. The Bertz CT molecular complexity index is 464. The van der Waals surface area contributed by atoms with Crippen molar-refractivity contribution in [2.24, 2.45) is 0 Å². The summed E-state index contributed by atoms with van der Waals surface area (Å²) in [7, 11) is 1.71. The van der Waals surface area contributed by atoms with E-state index in [2.05, 4.69) is 5.32 Å². The van der Waals surface area contributed by atoms with Gasteiger partial charge in [0.2, 0.25) is 0 Å². The fourth-order valence-electron chi connectivity index (χ4n) is 2.62. The van der Waals surface area contributed by atoms with Crippen molar-refractivity contribution < 1.29 is 14.6 Å². The maximum Gasteiger partial charge on any atom is 0.338 e. The first-order chi connectivity index (χ1) is 9.17. The van der Waals surface area contributed by atoms with Crippen molar-refractivity contribution in [3.63, 3.8) is 0 Å². The van der Waals surface area contributed by atoms with Gasteiger partial charge in [-0.3, -0.25) is 0 Å².